The van der Waals surface area contributed by atoms with Crippen molar-refractivity contribution in [2.45, 2.75) is 32.2 Å². The monoisotopic (exact) mass is 326 g/mol. The maximum Gasteiger partial charge on any atom is 0.164 e. The molecular weight excluding hydrogens is 300 g/mol. The smallest absolute Gasteiger partial charge is 0.164 e. The minimum Gasteiger partial charge on any atom is -0.493 e. The van der Waals surface area contributed by atoms with Crippen LogP contribution in [0.25, 0.3) is 0 Å². The first-order chi connectivity index (χ1) is 10.4. The van der Waals surface area contributed by atoms with Crippen LogP contribution in [0.3, 0.4) is 0 Å². The second-order valence-electron chi connectivity index (χ2n) is 6.37. The summed E-state index contributed by atoms with van der Waals surface area (Å²) in [5.41, 5.74) is 8.17. The van der Waals surface area contributed by atoms with Crippen molar-refractivity contribution in [3.63, 3.8) is 0 Å². The van der Waals surface area contributed by atoms with E-state index in [1.165, 1.54) is 0 Å². The van der Waals surface area contributed by atoms with Crippen molar-refractivity contribution < 1.29 is 9.47 Å². The number of likely N-dealkylation sites (tertiary alicyclic amines) is 1. The van der Waals surface area contributed by atoms with Gasteiger partial charge in [-0.3, -0.25) is 4.90 Å². The van der Waals surface area contributed by atoms with Gasteiger partial charge >= 0.3 is 0 Å². The van der Waals surface area contributed by atoms with Gasteiger partial charge in [-0.25, -0.2) is 0 Å². The summed E-state index contributed by atoms with van der Waals surface area (Å²) in [6.07, 6.45) is 1.03. The molecular formula is C17H27ClN2O2. The Morgan fingerprint density at radius 1 is 1.36 bits per heavy atom. The summed E-state index contributed by atoms with van der Waals surface area (Å²) in [5.74, 6) is 2.29. The summed E-state index contributed by atoms with van der Waals surface area (Å²) >= 11 is 6.63. The molecule has 1 aromatic rings. The first-order valence-corrected chi connectivity index (χ1v) is 8.16. The molecule has 0 radical (unpaired) electrons. The van der Waals surface area contributed by atoms with E-state index in [1.807, 2.05) is 6.07 Å². The molecule has 2 atom stereocenters. The number of ether oxygens (including phenoxy) is 2. The lowest BCUT2D eigenvalue weighted by Crippen LogP contribution is -2.21. The molecule has 4 nitrogen and oxygen atoms in total. The zero-order valence-electron chi connectivity index (χ0n) is 14.1. The Labute approximate surface area is 138 Å². The summed E-state index contributed by atoms with van der Waals surface area (Å²) in [4.78, 5) is 2.34. The predicted octanol–water partition coefficient (Wildman–Crippen LogP) is 3.43. The topological polar surface area (TPSA) is 47.7 Å². The second kappa shape index (κ2) is 7.07. The Bertz CT molecular complexity index is 534. The molecule has 2 unspecified atom stereocenters. The van der Waals surface area contributed by atoms with Crippen LogP contribution >= 0.6 is 11.6 Å². The summed E-state index contributed by atoms with van der Waals surface area (Å²) in [6.45, 7) is 6.03. The molecule has 0 saturated carbocycles. The van der Waals surface area contributed by atoms with Gasteiger partial charge < -0.3 is 15.2 Å². The van der Waals surface area contributed by atoms with Gasteiger partial charge in [0.1, 0.15) is 0 Å². The van der Waals surface area contributed by atoms with E-state index in [0.29, 0.717) is 24.1 Å². The van der Waals surface area contributed by atoms with Crippen LogP contribution in [-0.2, 0) is 0 Å². The molecule has 0 aliphatic carbocycles. The van der Waals surface area contributed by atoms with Gasteiger partial charge in [0.05, 0.1) is 14.2 Å². The zero-order valence-corrected chi connectivity index (χ0v) is 14.9. The van der Waals surface area contributed by atoms with Crippen molar-refractivity contribution >= 4 is 11.6 Å². The van der Waals surface area contributed by atoms with Crippen LogP contribution in [0.2, 0.25) is 5.02 Å². The van der Waals surface area contributed by atoms with Gasteiger partial charge in [-0.05, 0) is 37.4 Å². The Balaban J connectivity index is 2.60. The minimum atomic E-state index is 0.276. The molecule has 5 heteroatoms. The SMILES string of the molecule is COc1cc(Cl)c(C2CC(CN)CN2C)c(C(C)C)c1OC. The number of hydrogen-bond acceptors (Lipinski definition) is 4. The van der Waals surface area contributed by atoms with E-state index < -0.39 is 0 Å². The molecule has 2 N–H and O–H groups in total. The van der Waals surface area contributed by atoms with E-state index in [1.54, 1.807) is 14.2 Å². The van der Waals surface area contributed by atoms with Gasteiger partial charge in [0.25, 0.3) is 0 Å². The number of nitrogens with two attached hydrogens (primary N) is 1. The fourth-order valence-corrected chi connectivity index (χ4v) is 3.86. The van der Waals surface area contributed by atoms with Crippen LogP contribution in [0, 0.1) is 5.92 Å². The number of benzene rings is 1. The third-order valence-corrected chi connectivity index (χ3v) is 4.89. The normalized spacial score (nSPS) is 22.4. The highest BCUT2D eigenvalue weighted by atomic mass is 35.5. The lowest BCUT2D eigenvalue weighted by Gasteiger charge is -2.27. The van der Waals surface area contributed by atoms with Gasteiger partial charge in [-0.1, -0.05) is 25.4 Å². The molecule has 124 valence electrons. The number of halogens is 1. The first kappa shape index (κ1) is 17.4. The standard InChI is InChI=1S/C17H27ClN2O2/c1-10(2)15-16(13-6-11(8-19)9-20(13)3)12(18)7-14(21-4)17(15)22-5/h7,10-11,13H,6,8-9,19H2,1-5H3. The Morgan fingerprint density at radius 2 is 2.05 bits per heavy atom. The average Bonchev–Trinajstić information content (AvgIpc) is 2.86. The number of hydrogen-bond donors (Lipinski definition) is 1. The van der Waals surface area contributed by atoms with Crippen molar-refractivity contribution in [3.8, 4) is 11.5 Å². The zero-order chi connectivity index (χ0) is 16.4. The van der Waals surface area contributed by atoms with Gasteiger partial charge in [0.15, 0.2) is 11.5 Å². The van der Waals surface area contributed by atoms with E-state index >= 15 is 0 Å². The molecule has 0 amide bonds. The highest BCUT2D eigenvalue weighted by Gasteiger charge is 2.35. The first-order valence-electron chi connectivity index (χ1n) is 7.79. The van der Waals surface area contributed by atoms with E-state index in [0.717, 1.165) is 34.9 Å². The van der Waals surface area contributed by atoms with Crippen LogP contribution in [-0.4, -0.2) is 39.3 Å². The van der Waals surface area contributed by atoms with E-state index in [-0.39, 0.29) is 6.04 Å². The van der Waals surface area contributed by atoms with Crippen LogP contribution < -0.4 is 15.2 Å². The van der Waals surface area contributed by atoms with Gasteiger partial charge in [0, 0.05) is 29.2 Å². The third kappa shape index (κ3) is 3.05. The largest absolute Gasteiger partial charge is 0.493 e. The molecule has 1 aromatic carbocycles. The van der Waals surface area contributed by atoms with E-state index in [9.17, 15) is 0 Å². The van der Waals surface area contributed by atoms with Gasteiger partial charge in [-0.2, -0.15) is 0 Å². The summed E-state index contributed by atoms with van der Waals surface area (Å²) in [6, 6.07) is 2.14. The molecule has 1 aliphatic rings. The Morgan fingerprint density at radius 3 is 2.50 bits per heavy atom. The molecule has 1 heterocycles. The van der Waals surface area contributed by atoms with E-state index in [2.05, 4.69) is 25.8 Å². The minimum absolute atomic E-state index is 0.276. The third-order valence-electron chi connectivity index (χ3n) is 4.58. The maximum absolute atomic E-state index is 6.63. The fraction of sp³-hybridized carbons (Fsp3) is 0.647. The number of rotatable bonds is 5. The highest BCUT2D eigenvalue weighted by Crippen LogP contribution is 2.48. The molecule has 22 heavy (non-hydrogen) atoms. The van der Waals surface area contributed by atoms with Crippen molar-refractivity contribution in [1.29, 1.82) is 0 Å². The summed E-state index contributed by atoms with van der Waals surface area (Å²) < 4.78 is 11.1. The molecule has 1 saturated heterocycles. The Hall–Kier alpha value is -0.970. The quantitative estimate of drug-likeness (QED) is 0.900. The molecule has 1 aliphatic heterocycles. The molecule has 2 rings (SSSR count). The maximum atomic E-state index is 6.63. The molecule has 1 fully saturated rings. The number of methoxy groups -OCH3 is 2. The molecule has 0 aromatic heterocycles. The molecule has 0 bridgehead atoms. The average molecular weight is 327 g/mol. The highest BCUT2D eigenvalue weighted by molar-refractivity contribution is 6.31. The van der Waals surface area contributed by atoms with E-state index in [4.69, 9.17) is 26.8 Å². The fourth-order valence-electron chi connectivity index (χ4n) is 3.53. The van der Waals surface area contributed by atoms with Crippen molar-refractivity contribution in [1.82, 2.24) is 4.90 Å². The van der Waals surface area contributed by atoms with Crippen LogP contribution in [0.15, 0.2) is 6.07 Å². The van der Waals surface area contributed by atoms with Crippen LogP contribution in [0.5, 0.6) is 11.5 Å². The second-order valence-corrected chi connectivity index (χ2v) is 6.78. The van der Waals surface area contributed by atoms with Crippen LogP contribution in [0.4, 0.5) is 0 Å². The van der Waals surface area contributed by atoms with Crippen molar-refractivity contribution in [2.75, 3.05) is 34.4 Å². The summed E-state index contributed by atoms with van der Waals surface area (Å²) in [7, 11) is 5.46. The molecule has 0 spiro atoms. The lowest BCUT2D eigenvalue weighted by atomic mass is 9.89. The van der Waals surface area contributed by atoms with Gasteiger partial charge in [-0.15, -0.1) is 0 Å². The van der Waals surface area contributed by atoms with Crippen molar-refractivity contribution in [2.24, 2.45) is 11.7 Å². The lowest BCUT2D eigenvalue weighted by molar-refractivity contribution is 0.307. The van der Waals surface area contributed by atoms with Crippen LogP contribution in [0.1, 0.15) is 43.4 Å². The number of nitrogens with zero attached hydrogens (tertiary/aromatic N) is 1. The summed E-state index contributed by atoms with van der Waals surface area (Å²) in [5, 5.41) is 0.746. The Kier molecular flexibility index (Phi) is 5.59. The van der Waals surface area contributed by atoms with Crippen molar-refractivity contribution in [3.05, 3.63) is 22.2 Å². The predicted molar refractivity (Wildman–Crippen MR) is 91.2 cm³/mol. The van der Waals surface area contributed by atoms with Gasteiger partial charge in [0.2, 0.25) is 0 Å².